The maximum atomic E-state index is 13.1. The molecule has 0 aliphatic rings. The van der Waals surface area contributed by atoms with E-state index in [-0.39, 0.29) is 24.0 Å². The Bertz CT molecular complexity index is 1230. The molecule has 4 rings (SSSR count). The van der Waals surface area contributed by atoms with Gasteiger partial charge in [0.15, 0.2) is 0 Å². The summed E-state index contributed by atoms with van der Waals surface area (Å²) >= 11 is 0. The fraction of sp³-hybridized carbons (Fsp3) is 0.238. The van der Waals surface area contributed by atoms with Crippen LogP contribution in [0, 0.1) is 0 Å². The number of hydrogen-bond donors (Lipinski definition) is 0. The second kappa shape index (κ2) is 7.75. The van der Waals surface area contributed by atoms with Crippen LogP contribution >= 0.6 is 0 Å². The predicted octanol–water partition coefficient (Wildman–Crippen LogP) is 2.70. The van der Waals surface area contributed by atoms with Crippen LogP contribution < -0.4 is 10.4 Å². The molecule has 0 saturated carbocycles. The minimum atomic E-state index is -0.406. The minimum Gasteiger partial charge on any atom is -0.436 e. The van der Waals surface area contributed by atoms with Crippen LogP contribution in [0.1, 0.15) is 13.8 Å². The zero-order valence-corrected chi connectivity index (χ0v) is 16.3. The Balaban J connectivity index is 1.87. The highest BCUT2D eigenvalue weighted by atomic mass is 16.5. The van der Waals surface area contributed by atoms with Gasteiger partial charge in [0.05, 0.1) is 11.0 Å². The van der Waals surface area contributed by atoms with Crippen molar-refractivity contribution >= 4 is 22.6 Å². The highest BCUT2D eigenvalue weighted by Gasteiger charge is 2.20. The van der Waals surface area contributed by atoms with E-state index < -0.39 is 5.69 Å². The number of fused-ring (bicyclic) bond motifs is 3. The summed E-state index contributed by atoms with van der Waals surface area (Å²) in [5, 5.41) is 4.38. The molecule has 0 bridgehead atoms. The van der Waals surface area contributed by atoms with Crippen LogP contribution in [0.15, 0.2) is 59.4 Å². The van der Waals surface area contributed by atoms with Crippen LogP contribution in [0.5, 0.6) is 11.6 Å². The number of hydrogen-bond acceptors (Lipinski definition) is 5. The van der Waals surface area contributed by atoms with Gasteiger partial charge in [-0.25, -0.2) is 18.9 Å². The van der Waals surface area contributed by atoms with Gasteiger partial charge in [0, 0.05) is 13.1 Å². The second-order valence-electron chi connectivity index (χ2n) is 6.49. The number of carbonyl (C=O) groups excluding carboxylic acids is 1. The summed E-state index contributed by atoms with van der Waals surface area (Å²) in [6, 6.07) is 16.4. The van der Waals surface area contributed by atoms with Crippen molar-refractivity contribution in [2.24, 2.45) is 0 Å². The molecule has 2 aromatic heterocycles. The number of carbonyl (C=O) groups is 1. The third-order valence-electron chi connectivity index (χ3n) is 4.73. The maximum absolute atomic E-state index is 13.1. The van der Waals surface area contributed by atoms with Gasteiger partial charge in [-0.1, -0.05) is 30.3 Å². The molecule has 0 aliphatic heterocycles. The first-order valence-corrected chi connectivity index (χ1v) is 9.51. The number of benzene rings is 2. The Labute approximate surface area is 167 Å². The van der Waals surface area contributed by atoms with Crippen LogP contribution in [0.25, 0.3) is 16.7 Å². The molecule has 0 aliphatic carbocycles. The van der Waals surface area contributed by atoms with Gasteiger partial charge < -0.3 is 9.64 Å². The molecule has 8 heteroatoms. The standard InChI is InChI=1S/C21H21N5O3/c1-3-24(4-2)18(27)14-25-21(28)26-17-13-9-8-12-16(17)22-20(19(26)23-25)29-15-10-6-5-7-11-15/h5-13H,3-4,14H2,1-2H3. The van der Waals surface area contributed by atoms with E-state index in [0.29, 0.717) is 29.9 Å². The molecule has 2 heterocycles. The number of rotatable bonds is 6. The number of ether oxygens (including phenoxy) is 1. The van der Waals surface area contributed by atoms with E-state index in [2.05, 4.69) is 10.1 Å². The van der Waals surface area contributed by atoms with Crippen LogP contribution in [-0.2, 0) is 11.3 Å². The van der Waals surface area contributed by atoms with E-state index in [9.17, 15) is 9.59 Å². The van der Waals surface area contributed by atoms with Gasteiger partial charge in [-0.15, -0.1) is 5.10 Å². The quantitative estimate of drug-likeness (QED) is 0.505. The van der Waals surface area contributed by atoms with Crippen molar-refractivity contribution in [1.29, 1.82) is 0 Å². The SMILES string of the molecule is CCN(CC)C(=O)Cn1nc2c(Oc3ccccc3)nc3ccccc3n2c1=O. The third kappa shape index (κ3) is 3.44. The molecule has 0 unspecified atom stereocenters. The van der Waals surface area contributed by atoms with Gasteiger partial charge in [-0.3, -0.25) is 4.79 Å². The number of aromatic nitrogens is 4. The Morgan fingerprint density at radius 2 is 1.72 bits per heavy atom. The first kappa shape index (κ1) is 18.7. The average Bonchev–Trinajstić information content (AvgIpc) is 3.06. The van der Waals surface area contributed by atoms with Crippen molar-refractivity contribution in [1.82, 2.24) is 24.1 Å². The second-order valence-corrected chi connectivity index (χ2v) is 6.49. The average molecular weight is 391 g/mol. The zero-order chi connectivity index (χ0) is 20.4. The molecule has 148 valence electrons. The lowest BCUT2D eigenvalue weighted by atomic mass is 10.3. The molecule has 0 saturated heterocycles. The number of para-hydroxylation sites is 3. The van der Waals surface area contributed by atoms with Crippen LogP contribution in [0.3, 0.4) is 0 Å². The summed E-state index contributed by atoms with van der Waals surface area (Å²) in [6.45, 7) is 4.81. The van der Waals surface area contributed by atoms with Gasteiger partial charge in [0.1, 0.15) is 12.3 Å². The zero-order valence-electron chi connectivity index (χ0n) is 16.3. The summed E-state index contributed by atoms with van der Waals surface area (Å²) in [4.78, 5) is 31.8. The Hall–Kier alpha value is -3.68. The predicted molar refractivity (Wildman–Crippen MR) is 109 cm³/mol. The largest absolute Gasteiger partial charge is 0.436 e. The summed E-state index contributed by atoms with van der Waals surface area (Å²) in [5.41, 5.74) is 1.07. The monoisotopic (exact) mass is 391 g/mol. The topological polar surface area (TPSA) is 81.7 Å². The van der Waals surface area contributed by atoms with E-state index >= 15 is 0 Å². The first-order chi connectivity index (χ1) is 14.1. The molecule has 0 atom stereocenters. The molecular weight excluding hydrogens is 370 g/mol. The van der Waals surface area contributed by atoms with Crippen LogP contribution in [0.4, 0.5) is 0 Å². The fourth-order valence-corrected chi connectivity index (χ4v) is 3.25. The van der Waals surface area contributed by atoms with Crippen molar-refractivity contribution < 1.29 is 9.53 Å². The number of nitrogens with zero attached hydrogens (tertiary/aromatic N) is 5. The lowest BCUT2D eigenvalue weighted by Gasteiger charge is -2.17. The third-order valence-corrected chi connectivity index (χ3v) is 4.73. The summed E-state index contributed by atoms with van der Waals surface area (Å²) < 4.78 is 8.53. The van der Waals surface area contributed by atoms with E-state index in [1.807, 2.05) is 44.2 Å². The van der Waals surface area contributed by atoms with E-state index in [4.69, 9.17) is 4.74 Å². The Morgan fingerprint density at radius 3 is 2.45 bits per heavy atom. The molecule has 1 amide bonds. The highest BCUT2D eigenvalue weighted by molar-refractivity contribution is 5.80. The molecule has 29 heavy (non-hydrogen) atoms. The normalized spacial score (nSPS) is 11.1. The van der Waals surface area contributed by atoms with E-state index in [0.717, 1.165) is 0 Å². The molecule has 8 nitrogen and oxygen atoms in total. The fourth-order valence-electron chi connectivity index (χ4n) is 3.25. The molecule has 0 radical (unpaired) electrons. The maximum Gasteiger partial charge on any atom is 0.351 e. The molecule has 0 N–H and O–H groups in total. The van der Waals surface area contributed by atoms with Crippen molar-refractivity contribution in [2.45, 2.75) is 20.4 Å². The van der Waals surface area contributed by atoms with E-state index in [1.165, 1.54) is 9.08 Å². The first-order valence-electron chi connectivity index (χ1n) is 9.51. The van der Waals surface area contributed by atoms with Gasteiger partial charge >= 0.3 is 5.69 Å². The van der Waals surface area contributed by atoms with Gasteiger partial charge in [-0.05, 0) is 38.1 Å². The number of likely N-dealkylation sites (N-methyl/N-ethyl adjacent to an activating group) is 1. The van der Waals surface area contributed by atoms with Crippen molar-refractivity contribution in [3.8, 4) is 11.6 Å². The molecule has 0 spiro atoms. The molecule has 2 aromatic carbocycles. The smallest absolute Gasteiger partial charge is 0.351 e. The number of amides is 1. The van der Waals surface area contributed by atoms with Crippen LogP contribution in [0.2, 0.25) is 0 Å². The van der Waals surface area contributed by atoms with Gasteiger partial charge in [0.2, 0.25) is 11.6 Å². The highest BCUT2D eigenvalue weighted by Crippen LogP contribution is 2.25. The van der Waals surface area contributed by atoms with Crippen LogP contribution in [-0.4, -0.2) is 43.1 Å². The summed E-state index contributed by atoms with van der Waals surface area (Å²) in [6.07, 6.45) is 0. The minimum absolute atomic E-state index is 0.138. The van der Waals surface area contributed by atoms with Gasteiger partial charge in [0.25, 0.3) is 5.88 Å². The van der Waals surface area contributed by atoms with Gasteiger partial charge in [-0.2, -0.15) is 0 Å². The molecule has 4 aromatic rings. The summed E-state index contributed by atoms with van der Waals surface area (Å²) in [5.74, 6) is 0.628. The summed E-state index contributed by atoms with van der Waals surface area (Å²) in [7, 11) is 0. The molecule has 0 fully saturated rings. The lowest BCUT2D eigenvalue weighted by molar-refractivity contribution is -0.131. The lowest BCUT2D eigenvalue weighted by Crippen LogP contribution is -2.36. The Kier molecular flexibility index (Phi) is 4.99. The molecular formula is C21H21N5O3. The van der Waals surface area contributed by atoms with Crippen molar-refractivity contribution in [2.75, 3.05) is 13.1 Å². The van der Waals surface area contributed by atoms with E-state index in [1.54, 1.807) is 29.2 Å². The Morgan fingerprint density at radius 1 is 1.03 bits per heavy atom. The van der Waals surface area contributed by atoms with Crippen molar-refractivity contribution in [3.05, 3.63) is 65.1 Å². The van der Waals surface area contributed by atoms with Crippen molar-refractivity contribution in [3.63, 3.8) is 0 Å².